The van der Waals surface area contributed by atoms with Crippen LogP contribution in [0.4, 0.5) is 5.69 Å². The van der Waals surface area contributed by atoms with E-state index in [2.05, 4.69) is 10.2 Å². The Morgan fingerprint density at radius 2 is 2.09 bits per heavy atom. The van der Waals surface area contributed by atoms with Crippen molar-refractivity contribution >= 4 is 47.2 Å². The molecule has 3 N–H and O–H groups in total. The Hall–Kier alpha value is -0.520. The second-order valence-electron chi connectivity index (χ2n) is 6.35. The number of benzene rings is 1. The minimum absolute atomic E-state index is 0. The number of halogens is 3. The van der Waals surface area contributed by atoms with Crippen LogP contribution in [-0.4, -0.2) is 36.5 Å². The molecule has 1 saturated carbocycles. The first kappa shape index (κ1) is 18.8. The molecule has 23 heavy (non-hydrogen) atoms. The fourth-order valence-electron chi connectivity index (χ4n) is 3.65. The summed E-state index contributed by atoms with van der Waals surface area (Å²) in [6, 6.07) is 5.39. The predicted octanol–water partition coefficient (Wildman–Crippen LogP) is 3.41. The molecule has 1 aromatic carbocycles. The van der Waals surface area contributed by atoms with Gasteiger partial charge in [-0.1, -0.05) is 23.2 Å². The Balaban J connectivity index is 0.00000192. The first-order chi connectivity index (χ1) is 10.5. The summed E-state index contributed by atoms with van der Waals surface area (Å²) in [6.07, 6.45) is 2.83. The van der Waals surface area contributed by atoms with Gasteiger partial charge in [0.25, 0.3) is 0 Å². The van der Waals surface area contributed by atoms with E-state index >= 15 is 0 Å². The van der Waals surface area contributed by atoms with Crippen molar-refractivity contribution in [2.24, 2.45) is 17.6 Å². The molecule has 0 bridgehead atoms. The maximum atomic E-state index is 12.1. The number of likely N-dealkylation sites (tertiary alicyclic amines) is 1. The standard InChI is InChI=1S/C16H21Cl2N3O.ClH/c17-11-2-3-13(18)15(7-11)20-16(22)5-6-21-8-10-1-4-14(19)12(10)9-21;/h2-3,7,10,12,14H,1,4-6,8-9,19H2,(H,20,22);1H. The molecule has 2 aliphatic rings. The van der Waals surface area contributed by atoms with E-state index in [0.29, 0.717) is 34.1 Å². The number of carbonyl (C=O) groups excluding carboxylic acids is 1. The van der Waals surface area contributed by atoms with Crippen molar-refractivity contribution in [1.29, 1.82) is 0 Å². The number of amides is 1. The van der Waals surface area contributed by atoms with E-state index in [0.717, 1.165) is 32.0 Å². The van der Waals surface area contributed by atoms with Gasteiger partial charge in [0.15, 0.2) is 0 Å². The van der Waals surface area contributed by atoms with Gasteiger partial charge in [0.2, 0.25) is 5.91 Å². The molecule has 3 unspecified atom stereocenters. The van der Waals surface area contributed by atoms with Crippen LogP contribution in [0.1, 0.15) is 19.3 Å². The van der Waals surface area contributed by atoms with Crippen LogP contribution in [0.3, 0.4) is 0 Å². The van der Waals surface area contributed by atoms with Gasteiger partial charge in [-0.3, -0.25) is 4.79 Å². The van der Waals surface area contributed by atoms with Crippen LogP contribution in [0.25, 0.3) is 0 Å². The number of anilines is 1. The Morgan fingerprint density at radius 1 is 1.30 bits per heavy atom. The average molecular weight is 379 g/mol. The molecule has 0 spiro atoms. The van der Waals surface area contributed by atoms with Crippen molar-refractivity contribution in [3.05, 3.63) is 28.2 Å². The zero-order valence-corrected chi connectivity index (χ0v) is 15.1. The Bertz CT molecular complexity index is 570. The van der Waals surface area contributed by atoms with Gasteiger partial charge in [-0.05, 0) is 42.9 Å². The van der Waals surface area contributed by atoms with E-state index in [9.17, 15) is 4.79 Å². The lowest BCUT2D eigenvalue weighted by molar-refractivity contribution is -0.116. The highest BCUT2D eigenvalue weighted by Gasteiger charge is 2.40. The number of fused-ring (bicyclic) bond motifs is 1. The fraction of sp³-hybridized carbons (Fsp3) is 0.562. The molecule has 0 aromatic heterocycles. The molecule has 1 amide bonds. The van der Waals surface area contributed by atoms with Crippen LogP contribution in [0.15, 0.2) is 18.2 Å². The zero-order valence-electron chi connectivity index (χ0n) is 12.8. The van der Waals surface area contributed by atoms with Crippen molar-refractivity contribution in [3.63, 3.8) is 0 Å². The number of hydrogen-bond donors (Lipinski definition) is 2. The molecule has 3 rings (SSSR count). The van der Waals surface area contributed by atoms with Crippen LogP contribution in [-0.2, 0) is 4.79 Å². The maximum Gasteiger partial charge on any atom is 0.225 e. The monoisotopic (exact) mass is 377 g/mol. The molecule has 1 heterocycles. The topological polar surface area (TPSA) is 58.4 Å². The van der Waals surface area contributed by atoms with E-state index in [1.807, 2.05) is 0 Å². The zero-order chi connectivity index (χ0) is 15.7. The van der Waals surface area contributed by atoms with Gasteiger partial charge in [0.05, 0.1) is 10.7 Å². The third kappa shape index (κ3) is 4.52. The third-order valence-electron chi connectivity index (χ3n) is 4.85. The highest BCUT2D eigenvalue weighted by atomic mass is 35.5. The molecule has 3 atom stereocenters. The number of rotatable bonds is 4. The smallest absolute Gasteiger partial charge is 0.225 e. The first-order valence-corrected chi connectivity index (χ1v) is 8.51. The summed E-state index contributed by atoms with van der Waals surface area (Å²) >= 11 is 12.0. The molecule has 0 radical (unpaired) electrons. The van der Waals surface area contributed by atoms with Gasteiger partial charge in [-0.15, -0.1) is 12.4 Å². The number of carbonyl (C=O) groups is 1. The van der Waals surface area contributed by atoms with E-state index in [4.69, 9.17) is 28.9 Å². The molecular formula is C16H22Cl3N3O. The van der Waals surface area contributed by atoms with E-state index in [1.54, 1.807) is 18.2 Å². The van der Waals surface area contributed by atoms with Crippen LogP contribution in [0.2, 0.25) is 10.0 Å². The van der Waals surface area contributed by atoms with E-state index < -0.39 is 0 Å². The van der Waals surface area contributed by atoms with Gasteiger partial charge in [0, 0.05) is 37.1 Å². The van der Waals surface area contributed by atoms with Crippen LogP contribution in [0, 0.1) is 11.8 Å². The second-order valence-corrected chi connectivity index (χ2v) is 7.19. The van der Waals surface area contributed by atoms with Crippen LogP contribution < -0.4 is 11.1 Å². The molecule has 4 nitrogen and oxygen atoms in total. The molecule has 1 aliphatic carbocycles. The SMILES string of the molecule is Cl.NC1CCC2CN(CCC(=O)Nc3cc(Cl)ccc3Cl)CC12. The Kier molecular flexibility index (Phi) is 6.57. The van der Waals surface area contributed by atoms with Crippen molar-refractivity contribution < 1.29 is 4.79 Å². The Labute approximate surface area is 153 Å². The lowest BCUT2D eigenvalue weighted by Gasteiger charge is -2.18. The van der Waals surface area contributed by atoms with Crippen LogP contribution >= 0.6 is 35.6 Å². The van der Waals surface area contributed by atoms with Gasteiger partial charge >= 0.3 is 0 Å². The highest BCUT2D eigenvalue weighted by molar-refractivity contribution is 6.35. The minimum atomic E-state index is -0.0366. The fourth-order valence-corrected chi connectivity index (χ4v) is 3.98. The largest absolute Gasteiger partial charge is 0.327 e. The van der Waals surface area contributed by atoms with Gasteiger partial charge < -0.3 is 16.0 Å². The number of nitrogens with one attached hydrogen (secondary N) is 1. The van der Waals surface area contributed by atoms with Crippen molar-refractivity contribution in [1.82, 2.24) is 4.90 Å². The van der Waals surface area contributed by atoms with E-state index in [1.165, 1.54) is 6.42 Å². The number of hydrogen-bond acceptors (Lipinski definition) is 3. The third-order valence-corrected chi connectivity index (χ3v) is 5.41. The van der Waals surface area contributed by atoms with Crippen molar-refractivity contribution in [2.45, 2.75) is 25.3 Å². The Morgan fingerprint density at radius 3 is 2.83 bits per heavy atom. The summed E-state index contributed by atoms with van der Waals surface area (Å²) in [7, 11) is 0. The van der Waals surface area contributed by atoms with Crippen molar-refractivity contribution in [2.75, 3.05) is 25.0 Å². The lowest BCUT2D eigenvalue weighted by Crippen LogP contribution is -2.31. The normalized spacial score (nSPS) is 26.7. The summed E-state index contributed by atoms with van der Waals surface area (Å²) in [5.41, 5.74) is 6.71. The average Bonchev–Trinajstić information content (AvgIpc) is 3.03. The van der Waals surface area contributed by atoms with E-state index in [-0.39, 0.29) is 18.3 Å². The molecule has 7 heteroatoms. The molecule has 2 fully saturated rings. The molecular weight excluding hydrogens is 357 g/mol. The first-order valence-electron chi connectivity index (χ1n) is 7.76. The highest BCUT2D eigenvalue weighted by Crippen LogP contribution is 2.37. The molecule has 1 aromatic rings. The molecule has 1 saturated heterocycles. The predicted molar refractivity (Wildman–Crippen MR) is 97.6 cm³/mol. The quantitative estimate of drug-likeness (QED) is 0.844. The lowest BCUT2D eigenvalue weighted by atomic mass is 9.98. The summed E-state index contributed by atoms with van der Waals surface area (Å²) in [5, 5.41) is 3.88. The van der Waals surface area contributed by atoms with Gasteiger partial charge in [-0.25, -0.2) is 0 Å². The molecule has 1 aliphatic heterocycles. The summed E-state index contributed by atoms with van der Waals surface area (Å²) < 4.78 is 0. The number of nitrogens with two attached hydrogens (primary N) is 1. The summed E-state index contributed by atoms with van der Waals surface area (Å²) in [4.78, 5) is 14.4. The minimum Gasteiger partial charge on any atom is -0.327 e. The van der Waals surface area contributed by atoms with Gasteiger partial charge in [0.1, 0.15) is 0 Å². The number of nitrogens with zero attached hydrogens (tertiary/aromatic N) is 1. The van der Waals surface area contributed by atoms with Gasteiger partial charge in [-0.2, -0.15) is 0 Å². The summed E-state index contributed by atoms with van der Waals surface area (Å²) in [6.45, 7) is 2.87. The second kappa shape index (κ2) is 8.04. The summed E-state index contributed by atoms with van der Waals surface area (Å²) in [5.74, 6) is 1.30. The van der Waals surface area contributed by atoms with Crippen molar-refractivity contribution in [3.8, 4) is 0 Å². The maximum absolute atomic E-state index is 12.1. The molecule has 128 valence electrons. The van der Waals surface area contributed by atoms with Crippen LogP contribution in [0.5, 0.6) is 0 Å².